The second kappa shape index (κ2) is 3.54. The number of aryl methyl sites for hydroxylation is 3. The van der Waals surface area contributed by atoms with Gasteiger partial charge in [0, 0.05) is 16.8 Å². The number of nitrogens with zero attached hydrogens (tertiary/aromatic N) is 1. The van der Waals surface area contributed by atoms with Gasteiger partial charge < -0.3 is 5.73 Å². The first kappa shape index (κ1) is 9.97. The molecule has 2 N–H and O–H groups in total. The Labute approximate surface area is 90.1 Å². The molecule has 2 rings (SSSR count). The monoisotopic (exact) mass is 200 g/mol. The number of rotatable bonds is 1. The Morgan fingerprint density at radius 3 is 2.60 bits per heavy atom. The summed E-state index contributed by atoms with van der Waals surface area (Å²) in [5.41, 5.74) is 11.4. The topological polar surface area (TPSA) is 38.9 Å². The second-order valence-corrected chi connectivity index (χ2v) is 4.03. The van der Waals surface area contributed by atoms with Crippen LogP contribution >= 0.6 is 0 Å². The largest absolute Gasteiger partial charge is 0.398 e. The lowest BCUT2D eigenvalue weighted by atomic mass is 10.0. The van der Waals surface area contributed by atoms with E-state index in [4.69, 9.17) is 5.73 Å². The van der Waals surface area contributed by atoms with Crippen LogP contribution in [0.1, 0.15) is 23.7 Å². The summed E-state index contributed by atoms with van der Waals surface area (Å²) in [5, 5.41) is 1.10. The first-order chi connectivity index (χ1) is 7.11. The lowest BCUT2D eigenvalue weighted by Crippen LogP contribution is -1.96. The van der Waals surface area contributed by atoms with E-state index in [1.807, 2.05) is 6.07 Å². The van der Waals surface area contributed by atoms with Gasteiger partial charge in [-0.1, -0.05) is 13.0 Å². The normalized spacial score (nSPS) is 10.9. The minimum Gasteiger partial charge on any atom is -0.398 e. The highest BCUT2D eigenvalue weighted by Crippen LogP contribution is 2.25. The van der Waals surface area contributed by atoms with Crippen LogP contribution in [0.4, 0.5) is 5.69 Å². The van der Waals surface area contributed by atoms with Gasteiger partial charge in [-0.3, -0.25) is 4.98 Å². The third-order valence-corrected chi connectivity index (χ3v) is 2.70. The third-order valence-electron chi connectivity index (χ3n) is 2.70. The average molecular weight is 200 g/mol. The molecule has 0 unspecified atom stereocenters. The first-order valence-corrected chi connectivity index (χ1v) is 5.28. The minimum absolute atomic E-state index is 0.842. The molecule has 0 aliphatic rings. The Balaban J connectivity index is 2.85. The van der Waals surface area contributed by atoms with Crippen LogP contribution < -0.4 is 5.73 Å². The van der Waals surface area contributed by atoms with Crippen molar-refractivity contribution in [3.63, 3.8) is 0 Å². The molecular weight excluding hydrogens is 184 g/mol. The zero-order valence-electron chi connectivity index (χ0n) is 9.46. The summed E-state index contributed by atoms with van der Waals surface area (Å²) in [7, 11) is 0. The molecule has 0 bridgehead atoms. The number of pyridine rings is 1. The predicted octanol–water partition coefficient (Wildman–Crippen LogP) is 3.00. The quantitative estimate of drug-likeness (QED) is 0.768. The van der Waals surface area contributed by atoms with Crippen molar-refractivity contribution in [1.82, 2.24) is 4.98 Å². The molecule has 78 valence electrons. The first-order valence-electron chi connectivity index (χ1n) is 5.28. The molecule has 2 nitrogen and oxygen atoms in total. The maximum atomic E-state index is 6.04. The molecule has 2 aromatic rings. The Morgan fingerprint density at radius 1 is 1.20 bits per heavy atom. The fourth-order valence-electron chi connectivity index (χ4n) is 2.03. The van der Waals surface area contributed by atoms with Gasteiger partial charge in [-0.2, -0.15) is 0 Å². The summed E-state index contributed by atoms with van der Waals surface area (Å²) in [4.78, 5) is 4.60. The number of benzene rings is 1. The Morgan fingerprint density at radius 2 is 1.93 bits per heavy atom. The van der Waals surface area contributed by atoms with Crippen LogP contribution in [0.25, 0.3) is 10.9 Å². The van der Waals surface area contributed by atoms with Crippen molar-refractivity contribution in [3.05, 3.63) is 35.0 Å². The van der Waals surface area contributed by atoms with Crippen LogP contribution in [0.5, 0.6) is 0 Å². The van der Waals surface area contributed by atoms with E-state index >= 15 is 0 Å². The summed E-state index contributed by atoms with van der Waals surface area (Å²) < 4.78 is 0. The van der Waals surface area contributed by atoms with Gasteiger partial charge in [-0.05, 0) is 43.5 Å². The smallest absolute Gasteiger partial charge is 0.0731 e. The van der Waals surface area contributed by atoms with Crippen LogP contribution in [0.3, 0.4) is 0 Å². The van der Waals surface area contributed by atoms with Gasteiger partial charge in [0.2, 0.25) is 0 Å². The number of nitrogen functional groups attached to an aromatic ring is 1. The number of fused-ring (bicyclic) bond motifs is 1. The lowest BCUT2D eigenvalue weighted by Gasteiger charge is -2.08. The van der Waals surface area contributed by atoms with Gasteiger partial charge in [-0.25, -0.2) is 0 Å². The molecule has 0 aliphatic carbocycles. The zero-order chi connectivity index (χ0) is 11.0. The van der Waals surface area contributed by atoms with Crippen LogP contribution in [0.2, 0.25) is 0 Å². The molecule has 0 amide bonds. The van der Waals surface area contributed by atoms with E-state index in [2.05, 4.69) is 37.9 Å². The standard InChI is InChI=1S/C13H16N2/c1-4-10-7-11(14)13-9(3)5-8(2)6-12(13)15-10/h5-7H,4H2,1-3H3,(H2,14,15). The molecular formula is C13H16N2. The van der Waals surface area contributed by atoms with E-state index in [1.54, 1.807) is 0 Å². The summed E-state index contributed by atoms with van der Waals surface area (Å²) in [6.45, 7) is 6.26. The van der Waals surface area contributed by atoms with Crippen molar-refractivity contribution in [2.24, 2.45) is 0 Å². The van der Waals surface area contributed by atoms with E-state index in [0.717, 1.165) is 28.7 Å². The van der Waals surface area contributed by atoms with Gasteiger partial charge in [0.1, 0.15) is 0 Å². The third kappa shape index (κ3) is 1.67. The maximum Gasteiger partial charge on any atom is 0.0731 e. The average Bonchev–Trinajstić information content (AvgIpc) is 2.15. The number of nitrogens with two attached hydrogens (primary N) is 1. The van der Waals surface area contributed by atoms with E-state index in [1.165, 1.54) is 11.1 Å². The van der Waals surface area contributed by atoms with Crippen LogP contribution in [0, 0.1) is 13.8 Å². The predicted molar refractivity (Wildman–Crippen MR) is 65.0 cm³/mol. The van der Waals surface area contributed by atoms with E-state index in [9.17, 15) is 0 Å². The van der Waals surface area contributed by atoms with Crippen molar-refractivity contribution >= 4 is 16.6 Å². The Bertz CT molecular complexity index is 515. The number of aromatic nitrogens is 1. The molecule has 0 radical (unpaired) electrons. The molecule has 2 heteroatoms. The Kier molecular flexibility index (Phi) is 2.35. The zero-order valence-corrected chi connectivity index (χ0v) is 9.46. The van der Waals surface area contributed by atoms with Crippen LogP contribution in [-0.4, -0.2) is 4.98 Å². The molecule has 1 aromatic heterocycles. The van der Waals surface area contributed by atoms with Crippen LogP contribution in [0.15, 0.2) is 18.2 Å². The lowest BCUT2D eigenvalue weighted by molar-refractivity contribution is 1.06. The summed E-state index contributed by atoms with van der Waals surface area (Å²) in [6.07, 6.45) is 0.924. The molecule has 0 saturated heterocycles. The number of hydrogen-bond donors (Lipinski definition) is 1. The molecule has 0 fully saturated rings. The maximum absolute atomic E-state index is 6.04. The van der Waals surface area contributed by atoms with Crippen LogP contribution in [-0.2, 0) is 6.42 Å². The highest BCUT2D eigenvalue weighted by atomic mass is 14.7. The highest BCUT2D eigenvalue weighted by Gasteiger charge is 2.05. The molecule has 0 spiro atoms. The van der Waals surface area contributed by atoms with Crippen molar-refractivity contribution in [2.45, 2.75) is 27.2 Å². The SMILES string of the molecule is CCc1cc(N)c2c(C)cc(C)cc2n1. The summed E-state index contributed by atoms with van der Waals surface area (Å²) in [6, 6.07) is 6.22. The van der Waals surface area contributed by atoms with E-state index in [-0.39, 0.29) is 0 Å². The van der Waals surface area contributed by atoms with Gasteiger partial charge >= 0.3 is 0 Å². The number of anilines is 1. The molecule has 0 aliphatic heterocycles. The fourth-order valence-corrected chi connectivity index (χ4v) is 2.03. The summed E-state index contributed by atoms with van der Waals surface area (Å²) in [5.74, 6) is 0. The van der Waals surface area contributed by atoms with E-state index in [0.29, 0.717) is 0 Å². The number of hydrogen-bond acceptors (Lipinski definition) is 2. The molecule has 0 saturated carbocycles. The van der Waals surface area contributed by atoms with E-state index < -0.39 is 0 Å². The molecule has 0 atom stereocenters. The molecule has 1 heterocycles. The minimum atomic E-state index is 0.842. The van der Waals surface area contributed by atoms with Crippen molar-refractivity contribution in [3.8, 4) is 0 Å². The highest BCUT2D eigenvalue weighted by molar-refractivity contribution is 5.93. The second-order valence-electron chi connectivity index (χ2n) is 4.03. The van der Waals surface area contributed by atoms with Gasteiger partial charge in [0.15, 0.2) is 0 Å². The molecule has 15 heavy (non-hydrogen) atoms. The van der Waals surface area contributed by atoms with Crippen molar-refractivity contribution < 1.29 is 0 Å². The van der Waals surface area contributed by atoms with Crippen molar-refractivity contribution in [1.29, 1.82) is 0 Å². The van der Waals surface area contributed by atoms with Crippen molar-refractivity contribution in [2.75, 3.05) is 5.73 Å². The molecule has 1 aromatic carbocycles. The van der Waals surface area contributed by atoms with Gasteiger partial charge in [0.25, 0.3) is 0 Å². The van der Waals surface area contributed by atoms with Gasteiger partial charge in [-0.15, -0.1) is 0 Å². The Hall–Kier alpha value is -1.57. The van der Waals surface area contributed by atoms with Gasteiger partial charge in [0.05, 0.1) is 5.52 Å². The fraction of sp³-hybridized carbons (Fsp3) is 0.308. The summed E-state index contributed by atoms with van der Waals surface area (Å²) >= 11 is 0.